The third-order valence-electron chi connectivity index (χ3n) is 2.57. The summed E-state index contributed by atoms with van der Waals surface area (Å²) in [5.41, 5.74) is 0.442. The van der Waals surface area contributed by atoms with Crippen LogP contribution in [-0.4, -0.2) is 38.8 Å². The van der Waals surface area contributed by atoms with Gasteiger partial charge in [0.05, 0.1) is 6.61 Å². The van der Waals surface area contributed by atoms with E-state index in [0.29, 0.717) is 5.41 Å². The summed E-state index contributed by atoms with van der Waals surface area (Å²) in [6, 6.07) is 0. The van der Waals surface area contributed by atoms with Crippen molar-refractivity contribution >= 4 is 11.8 Å². The lowest BCUT2D eigenvalue weighted by molar-refractivity contribution is 0.149. The second kappa shape index (κ2) is 5.10. The summed E-state index contributed by atoms with van der Waals surface area (Å²) in [5.74, 6) is 1.25. The van der Waals surface area contributed by atoms with E-state index in [1.54, 1.807) is 0 Å². The van der Waals surface area contributed by atoms with Crippen molar-refractivity contribution in [2.24, 2.45) is 5.41 Å². The fraction of sp³-hybridized carbons (Fsp3) is 1.00. The highest BCUT2D eigenvalue weighted by atomic mass is 32.2. The maximum atomic E-state index is 5.46. The van der Waals surface area contributed by atoms with Gasteiger partial charge in [0.1, 0.15) is 0 Å². The first kappa shape index (κ1) is 10.4. The summed E-state index contributed by atoms with van der Waals surface area (Å²) in [4.78, 5) is 0. The van der Waals surface area contributed by atoms with Crippen LogP contribution in [0.1, 0.15) is 12.8 Å². The van der Waals surface area contributed by atoms with Crippen LogP contribution in [0.15, 0.2) is 0 Å². The van der Waals surface area contributed by atoms with Gasteiger partial charge in [-0.2, -0.15) is 11.8 Å². The average Bonchev–Trinajstić information content (AvgIpc) is 2.51. The summed E-state index contributed by atoms with van der Waals surface area (Å²) in [5, 5.41) is 3.27. The first-order valence-corrected chi connectivity index (χ1v) is 5.94. The summed E-state index contributed by atoms with van der Waals surface area (Å²) in [6.07, 6.45) is 4.69. The van der Waals surface area contributed by atoms with E-state index in [0.717, 1.165) is 19.8 Å². The van der Waals surface area contributed by atoms with Crippen LogP contribution < -0.4 is 5.32 Å². The van der Waals surface area contributed by atoms with Crippen LogP contribution in [-0.2, 0) is 4.74 Å². The van der Waals surface area contributed by atoms with Crippen molar-refractivity contribution in [3.8, 4) is 0 Å². The number of thioether (sulfide) groups is 1. The summed E-state index contributed by atoms with van der Waals surface area (Å²) >= 11 is 1.93. The lowest BCUT2D eigenvalue weighted by Crippen LogP contribution is -2.33. The lowest BCUT2D eigenvalue weighted by Gasteiger charge is -2.26. The Morgan fingerprint density at radius 2 is 2.42 bits per heavy atom. The van der Waals surface area contributed by atoms with Crippen LogP contribution in [0.5, 0.6) is 0 Å². The van der Waals surface area contributed by atoms with Crippen LogP contribution >= 0.6 is 11.8 Å². The van der Waals surface area contributed by atoms with E-state index in [-0.39, 0.29) is 0 Å². The van der Waals surface area contributed by atoms with E-state index in [1.165, 1.54) is 18.6 Å². The smallest absolute Gasteiger partial charge is 0.0535 e. The summed E-state index contributed by atoms with van der Waals surface area (Å²) in [7, 11) is 2.03. The fourth-order valence-electron chi connectivity index (χ4n) is 1.77. The molecule has 1 aliphatic heterocycles. The SMILES string of the molecule is CNCC1(CCSC)CCOC1. The Balaban J connectivity index is 2.35. The normalized spacial score (nSPS) is 29.5. The van der Waals surface area contributed by atoms with Crippen molar-refractivity contribution in [2.75, 3.05) is 38.8 Å². The molecule has 1 heterocycles. The van der Waals surface area contributed by atoms with Gasteiger partial charge in [0, 0.05) is 18.6 Å². The minimum Gasteiger partial charge on any atom is -0.381 e. The Bertz CT molecular complexity index is 124. The van der Waals surface area contributed by atoms with Gasteiger partial charge < -0.3 is 10.1 Å². The van der Waals surface area contributed by atoms with Crippen molar-refractivity contribution < 1.29 is 4.74 Å². The van der Waals surface area contributed by atoms with E-state index in [9.17, 15) is 0 Å². The predicted molar refractivity (Wildman–Crippen MR) is 54.8 cm³/mol. The van der Waals surface area contributed by atoms with E-state index >= 15 is 0 Å². The average molecular weight is 189 g/mol. The second-order valence-electron chi connectivity index (χ2n) is 3.58. The van der Waals surface area contributed by atoms with Gasteiger partial charge in [-0.15, -0.1) is 0 Å². The molecule has 1 saturated heterocycles. The molecule has 0 aromatic carbocycles. The van der Waals surface area contributed by atoms with Gasteiger partial charge in [-0.3, -0.25) is 0 Å². The largest absolute Gasteiger partial charge is 0.381 e. The molecule has 0 spiro atoms. The number of ether oxygens (including phenoxy) is 1. The first-order chi connectivity index (χ1) is 5.83. The van der Waals surface area contributed by atoms with Crippen LogP contribution in [0.25, 0.3) is 0 Å². The van der Waals surface area contributed by atoms with Gasteiger partial charge in [-0.25, -0.2) is 0 Å². The first-order valence-electron chi connectivity index (χ1n) is 4.54. The minimum absolute atomic E-state index is 0.442. The zero-order chi connectivity index (χ0) is 8.86. The lowest BCUT2D eigenvalue weighted by atomic mass is 9.84. The van der Waals surface area contributed by atoms with Gasteiger partial charge in [-0.05, 0) is 31.9 Å². The molecule has 1 fully saturated rings. The Morgan fingerprint density at radius 1 is 1.58 bits per heavy atom. The monoisotopic (exact) mass is 189 g/mol. The molecule has 2 nitrogen and oxygen atoms in total. The van der Waals surface area contributed by atoms with Crippen molar-refractivity contribution in [3.05, 3.63) is 0 Å². The quantitative estimate of drug-likeness (QED) is 0.706. The van der Waals surface area contributed by atoms with E-state index in [1.807, 2.05) is 18.8 Å². The molecule has 1 atom stereocenters. The molecule has 0 bridgehead atoms. The molecule has 0 aromatic heterocycles. The molecule has 0 radical (unpaired) electrons. The molecule has 1 rings (SSSR count). The van der Waals surface area contributed by atoms with Crippen LogP contribution in [0.3, 0.4) is 0 Å². The van der Waals surface area contributed by atoms with Gasteiger partial charge in [-0.1, -0.05) is 0 Å². The zero-order valence-corrected chi connectivity index (χ0v) is 8.88. The van der Waals surface area contributed by atoms with E-state index in [2.05, 4.69) is 11.6 Å². The Kier molecular flexibility index (Phi) is 4.40. The Labute approximate surface area is 79.4 Å². The fourth-order valence-corrected chi connectivity index (χ4v) is 2.41. The zero-order valence-electron chi connectivity index (χ0n) is 8.06. The second-order valence-corrected chi connectivity index (χ2v) is 4.56. The topological polar surface area (TPSA) is 21.3 Å². The maximum Gasteiger partial charge on any atom is 0.0535 e. The van der Waals surface area contributed by atoms with Gasteiger partial charge in [0.2, 0.25) is 0 Å². The summed E-state index contributed by atoms with van der Waals surface area (Å²) in [6.45, 7) is 3.01. The molecule has 3 heteroatoms. The molecule has 12 heavy (non-hydrogen) atoms. The van der Waals surface area contributed by atoms with Crippen molar-refractivity contribution in [3.63, 3.8) is 0 Å². The van der Waals surface area contributed by atoms with Crippen molar-refractivity contribution in [1.29, 1.82) is 0 Å². The van der Waals surface area contributed by atoms with Crippen molar-refractivity contribution in [2.45, 2.75) is 12.8 Å². The number of rotatable bonds is 5. The third-order valence-corrected chi connectivity index (χ3v) is 3.19. The number of hydrogen-bond donors (Lipinski definition) is 1. The Hall–Kier alpha value is 0.270. The van der Waals surface area contributed by atoms with Crippen LogP contribution in [0.4, 0.5) is 0 Å². The molecule has 1 aliphatic rings. The highest BCUT2D eigenvalue weighted by Gasteiger charge is 2.33. The molecule has 1 unspecified atom stereocenters. The molecule has 0 saturated carbocycles. The Morgan fingerprint density at radius 3 is 2.92 bits per heavy atom. The molecule has 72 valence electrons. The van der Waals surface area contributed by atoms with Crippen LogP contribution in [0.2, 0.25) is 0 Å². The van der Waals surface area contributed by atoms with Crippen molar-refractivity contribution in [1.82, 2.24) is 5.32 Å². The molecular weight excluding hydrogens is 170 g/mol. The number of nitrogens with one attached hydrogen (secondary N) is 1. The number of hydrogen-bond acceptors (Lipinski definition) is 3. The van der Waals surface area contributed by atoms with Gasteiger partial charge in [0.15, 0.2) is 0 Å². The molecular formula is C9H19NOS. The minimum atomic E-state index is 0.442. The van der Waals surface area contributed by atoms with Gasteiger partial charge >= 0.3 is 0 Å². The summed E-state index contributed by atoms with van der Waals surface area (Å²) < 4.78 is 5.46. The predicted octanol–water partition coefficient (Wildman–Crippen LogP) is 1.37. The van der Waals surface area contributed by atoms with Crippen LogP contribution in [0, 0.1) is 5.41 Å². The molecule has 0 amide bonds. The molecule has 0 aromatic rings. The molecule has 0 aliphatic carbocycles. The van der Waals surface area contributed by atoms with E-state index < -0.39 is 0 Å². The van der Waals surface area contributed by atoms with Gasteiger partial charge in [0.25, 0.3) is 0 Å². The van der Waals surface area contributed by atoms with E-state index in [4.69, 9.17) is 4.74 Å². The maximum absolute atomic E-state index is 5.46. The highest BCUT2D eigenvalue weighted by molar-refractivity contribution is 7.98. The molecule has 1 N–H and O–H groups in total. The third kappa shape index (κ3) is 2.64. The highest BCUT2D eigenvalue weighted by Crippen LogP contribution is 2.32. The standard InChI is InChI=1S/C9H19NOS/c1-10-7-9(4-6-12-2)3-5-11-8-9/h10H,3-8H2,1-2H3.